The summed E-state index contributed by atoms with van der Waals surface area (Å²) in [6.07, 6.45) is 5.56. The van der Waals surface area contributed by atoms with E-state index in [1.807, 2.05) is 34.6 Å². The van der Waals surface area contributed by atoms with E-state index >= 15 is 0 Å². The lowest BCUT2D eigenvalue weighted by Crippen LogP contribution is -2.39. The smallest absolute Gasteiger partial charge is 0.220 e. The lowest BCUT2D eigenvalue weighted by atomic mass is 9.80. The first-order chi connectivity index (χ1) is 14.3. The van der Waals surface area contributed by atoms with Crippen LogP contribution in [0.15, 0.2) is 0 Å². The van der Waals surface area contributed by atoms with Gasteiger partial charge in [-0.2, -0.15) is 0 Å². The zero-order valence-corrected chi connectivity index (χ0v) is 19.6. The Hall–Kier alpha value is -1.92. The van der Waals surface area contributed by atoms with Crippen LogP contribution in [0.1, 0.15) is 92.4 Å². The van der Waals surface area contributed by atoms with Crippen molar-refractivity contribution in [2.45, 2.75) is 98.4 Å². The van der Waals surface area contributed by atoms with E-state index in [2.05, 4.69) is 16.0 Å². The molecule has 0 heterocycles. The van der Waals surface area contributed by atoms with Gasteiger partial charge in [-0.3, -0.25) is 19.2 Å². The zero-order chi connectivity index (χ0) is 22.9. The summed E-state index contributed by atoms with van der Waals surface area (Å²) < 4.78 is 0. The molecule has 0 aromatic heterocycles. The van der Waals surface area contributed by atoms with E-state index < -0.39 is 0 Å². The maximum absolute atomic E-state index is 12.1. The standard InChI is InChI=1S/C21H37N3O4.C2H6/c1-4-22-18(25)9-6-14-23-19(26)7-5-8-20(27)24-17-12-10-16(11-13-17)21(28)15(2)3;1-2/h15-17H,4-14H2,1-3H3,(H,22,25)(H,23,26)(H,24,27);1-2H3. The van der Waals surface area contributed by atoms with Gasteiger partial charge in [0, 0.05) is 50.2 Å². The van der Waals surface area contributed by atoms with Gasteiger partial charge in [-0.25, -0.2) is 0 Å². The van der Waals surface area contributed by atoms with E-state index in [0.29, 0.717) is 51.0 Å². The summed E-state index contributed by atoms with van der Waals surface area (Å²) in [7, 11) is 0. The lowest BCUT2D eigenvalue weighted by Gasteiger charge is -2.29. The van der Waals surface area contributed by atoms with Gasteiger partial charge < -0.3 is 16.0 Å². The number of ketones is 1. The molecule has 0 aromatic carbocycles. The number of hydrogen-bond donors (Lipinski definition) is 3. The Morgan fingerprint density at radius 2 is 1.33 bits per heavy atom. The molecule has 0 unspecified atom stereocenters. The van der Waals surface area contributed by atoms with Gasteiger partial charge in [-0.15, -0.1) is 0 Å². The molecular formula is C23H43N3O4. The fourth-order valence-electron chi connectivity index (χ4n) is 3.55. The van der Waals surface area contributed by atoms with Crippen LogP contribution < -0.4 is 16.0 Å². The van der Waals surface area contributed by atoms with Gasteiger partial charge in [-0.1, -0.05) is 27.7 Å². The molecule has 7 heteroatoms. The van der Waals surface area contributed by atoms with Crippen LogP contribution in [-0.2, 0) is 19.2 Å². The van der Waals surface area contributed by atoms with Crippen molar-refractivity contribution in [3.05, 3.63) is 0 Å². The van der Waals surface area contributed by atoms with Crippen LogP contribution >= 0.6 is 0 Å². The van der Waals surface area contributed by atoms with Crippen molar-refractivity contribution in [1.29, 1.82) is 0 Å². The molecule has 0 bridgehead atoms. The lowest BCUT2D eigenvalue weighted by molar-refractivity contribution is -0.127. The molecule has 0 spiro atoms. The molecule has 0 radical (unpaired) electrons. The Kier molecular flexibility index (Phi) is 15.8. The van der Waals surface area contributed by atoms with Crippen LogP contribution in [-0.4, -0.2) is 42.6 Å². The van der Waals surface area contributed by atoms with E-state index in [4.69, 9.17) is 0 Å². The van der Waals surface area contributed by atoms with Gasteiger partial charge in [0.1, 0.15) is 5.78 Å². The number of carbonyl (C=O) groups is 4. The predicted molar refractivity (Wildman–Crippen MR) is 120 cm³/mol. The monoisotopic (exact) mass is 425 g/mol. The highest BCUT2D eigenvalue weighted by Crippen LogP contribution is 2.27. The van der Waals surface area contributed by atoms with Gasteiger partial charge >= 0.3 is 0 Å². The van der Waals surface area contributed by atoms with Crippen molar-refractivity contribution in [3.63, 3.8) is 0 Å². The van der Waals surface area contributed by atoms with Gasteiger partial charge in [0.05, 0.1) is 0 Å². The van der Waals surface area contributed by atoms with Crippen molar-refractivity contribution in [3.8, 4) is 0 Å². The van der Waals surface area contributed by atoms with Crippen LogP contribution in [0.2, 0.25) is 0 Å². The number of carbonyl (C=O) groups excluding carboxylic acids is 4. The first-order valence-corrected chi connectivity index (χ1v) is 11.7. The molecular weight excluding hydrogens is 382 g/mol. The molecule has 1 aliphatic carbocycles. The topological polar surface area (TPSA) is 104 Å². The first-order valence-electron chi connectivity index (χ1n) is 11.7. The molecule has 3 N–H and O–H groups in total. The van der Waals surface area contributed by atoms with Gasteiger partial charge in [0.15, 0.2) is 0 Å². The molecule has 0 aromatic rings. The largest absolute Gasteiger partial charge is 0.356 e. The zero-order valence-electron chi connectivity index (χ0n) is 19.6. The Morgan fingerprint density at radius 3 is 1.90 bits per heavy atom. The van der Waals surface area contributed by atoms with Crippen molar-refractivity contribution in [1.82, 2.24) is 16.0 Å². The number of Topliss-reactive ketones (excluding diaryl/α,β-unsaturated/α-hetero) is 1. The second kappa shape index (κ2) is 16.8. The maximum atomic E-state index is 12.1. The predicted octanol–water partition coefficient (Wildman–Crippen LogP) is 3.12. The van der Waals surface area contributed by atoms with Crippen LogP contribution in [0.25, 0.3) is 0 Å². The molecule has 0 atom stereocenters. The normalized spacial score (nSPS) is 18.1. The minimum absolute atomic E-state index is 0.00368. The van der Waals surface area contributed by atoms with E-state index in [-0.39, 0.29) is 35.6 Å². The van der Waals surface area contributed by atoms with Crippen molar-refractivity contribution in [2.75, 3.05) is 13.1 Å². The summed E-state index contributed by atoms with van der Waals surface area (Å²) >= 11 is 0. The number of nitrogens with one attached hydrogen (secondary N) is 3. The summed E-state index contributed by atoms with van der Waals surface area (Å²) in [5, 5.41) is 8.52. The summed E-state index contributed by atoms with van der Waals surface area (Å²) in [6, 6.07) is 0.145. The fraction of sp³-hybridized carbons (Fsp3) is 0.826. The van der Waals surface area contributed by atoms with Gasteiger partial charge in [0.25, 0.3) is 0 Å². The fourth-order valence-corrected chi connectivity index (χ4v) is 3.55. The molecule has 0 aliphatic heterocycles. The van der Waals surface area contributed by atoms with Crippen molar-refractivity contribution < 1.29 is 19.2 Å². The van der Waals surface area contributed by atoms with Crippen LogP contribution in [0.3, 0.4) is 0 Å². The van der Waals surface area contributed by atoms with Crippen molar-refractivity contribution in [2.24, 2.45) is 11.8 Å². The third-order valence-corrected chi connectivity index (χ3v) is 5.15. The Balaban J connectivity index is 0.00000407. The quantitative estimate of drug-likeness (QED) is 0.418. The molecule has 1 fully saturated rings. The van der Waals surface area contributed by atoms with Crippen LogP contribution in [0, 0.1) is 11.8 Å². The molecule has 7 nitrogen and oxygen atoms in total. The van der Waals surface area contributed by atoms with Crippen LogP contribution in [0.4, 0.5) is 0 Å². The van der Waals surface area contributed by atoms with Gasteiger partial charge in [0.2, 0.25) is 17.7 Å². The third kappa shape index (κ3) is 12.6. The molecule has 30 heavy (non-hydrogen) atoms. The molecule has 0 saturated heterocycles. The minimum Gasteiger partial charge on any atom is -0.356 e. The molecule has 1 rings (SSSR count). The number of rotatable bonds is 12. The average Bonchev–Trinajstić information content (AvgIpc) is 2.73. The van der Waals surface area contributed by atoms with E-state index in [0.717, 1.165) is 25.7 Å². The average molecular weight is 426 g/mol. The second-order valence-electron chi connectivity index (χ2n) is 7.93. The molecule has 3 amide bonds. The number of amides is 3. The van der Waals surface area contributed by atoms with E-state index in [9.17, 15) is 19.2 Å². The SMILES string of the molecule is CC.CCNC(=O)CCCNC(=O)CCCC(=O)NC1CCC(C(=O)C(C)C)CC1. The Morgan fingerprint density at radius 1 is 0.800 bits per heavy atom. The second-order valence-corrected chi connectivity index (χ2v) is 7.93. The highest BCUT2D eigenvalue weighted by Gasteiger charge is 2.28. The van der Waals surface area contributed by atoms with Gasteiger partial charge in [-0.05, 0) is 45.4 Å². The summed E-state index contributed by atoms with van der Waals surface area (Å²) in [5.74, 6) is 0.442. The Labute approximate surface area is 182 Å². The number of hydrogen-bond acceptors (Lipinski definition) is 4. The minimum atomic E-state index is -0.0867. The van der Waals surface area contributed by atoms with E-state index in [1.54, 1.807) is 0 Å². The van der Waals surface area contributed by atoms with Crippen LogP contribution in [0.5, 0.6) is 0 Å². The third-order valence-electron chi connectivity index (χ3n) is 5.15. The Bertz CT molecular complexity index is 527. The highest BCUT2D eigenvalue weighted by atomic mass is 16.2. The molecule has 174 valence electrons. The summed E-state index contributed by atoms with van der Waals surface area (Å²) in [4.78, 5) is 47.2. The first kappa shape index (κ1) is 28.1. The summed E-state index contributed by atoms with van der Waals surface area (Å²) in [5.41, 5.74) is 0. The summed E-state index contributed by atoms with van der Waals surface area (Å²) in [6.45, 7) is 10.8. The van der Waals surface area contributed by atoms with E-state index in [1.165, 1.54) is 0 Å². The maximum Gasteiger partial charge on any atom is 0.220 e. The molecule has 1 saturated carbocycles. The molecule has 1 aliphatic rings. The highest BCUT2D eigenvalue weighted by molar-refractivity contribution is 5.83. The van der Waals surface area contributed by atoms with Crippen molar-refractivity contribution >= 4 is 23.5 Å².